The van der Waals surface area contributed by atoms with Crippen LogP contribution in [0.4, 0.5) is 0 Å². The molecule has 2 aliphatic rings. The van der Waals surface area contributed by atoms with Gasteiger partial charge in [-0.25, -0.2) is 0 Å². The van der Waals surface area contributed by atoms with Crippen LogP contribution in [0.2, 0.25) is 0 Å². The zero-order valence-electron chi connectivity index (χ0n) is 14.5. The minimum atomic E-state index is 0.622. The molecule has 0 heterocycles. The van der Waals surface area contributed by atoms with Crippen LogP contribution in [0.15, 0.2) is 11.6 Å². The summed E-state index contributed by atoms with van der Waals surface area (Å²) in [7, 11) is 0. The SMILES string of the molecule is C/C=C1\CCCC2(C)C1CCC2C(C)CCCC(C)C. The second kappa shape index (κ2) is 6.67. The summed E-state index contributed by atoms with van der Waals surface area (Å²) in [5.41, 5.74) is 2.41. The van der Waals surface area contributed by atoms with Crippen molar-refractivity contribution >= 4 is 0 Å². The Morgan fingerprint density at radius 2 is 1.95 bits per heavy atom. The van der Waals surface area contributed by atoms with Crippen molar-refractivity contribution in [1.82, 2.24) is 0 Å². The summed E-state index contributed by atoms with van der Waals surface area (Å²) < 4.78 is 0. The lowest BCUT2D eigenvalue weighted by molar-refractivity contribution is 0.0927. The summed E-state index contributed by atoms with van der Waals surface area (Å²) in [5, 5.41) is 0. The highest BCUT2D eigenvalue weighted by Crippen LogP contribution is 2.59. The van der Waals surface area contributed by atoms with Crippen LogP contribution in [-0.4, -0.2) is 0 Å². The number of hydrogen-bond donors (Lipinski definition) is 0. The zero-order valence-corrected chi connectivity index (χ0v) is 14.5. The van der Waals surface area contributed by atoms with Crippen molar-refractivity contribution in [3.8, 4) is 0 Å². The summed E-state index contributed by atoms with van der Waals surface area (Å²) in [4.78, 5) is 0. The lowest BCUT2D eigenvalue weighted by Gasteiger charge is -2.44. The van der Waals surface area contributed by atoms with E-state index in [-0.39, 0.29) is 0 Å². The van der Waals surface area contributed by atoms with Gasteiger partial charge in [0, 0.05) is 0 Å². The average molecular weight is 277 g/mol. The van der Waals surface area contributed by atoms with Gasteiger partial charge < -0.3 is 0 Å². The standard InChI is InChI=1S/C20H36/c1-6-17-11-8-14-20(5)18(12-13-19(17)20)16(4)10-7-9-15(2)3/h6,15-16,18-19H,7-14H2,1-5H3/b17-6+. The molecule has 4 atom stereocenters. The largest absolute Gasteiger partial charge is 0.0882 e. The van der Waals surface area contributed by atoms with Crippen molar-refractivity contribution < 1.29 is 0 Å². The van der Waals surface area contributed by atoms with E-state index < -0.39 is 0 Å². The third-order valence-corrected chi connectivity index (χ3v) is 6.54. The number of hydrogen-bond acceptors (Lipinski definition) is 0. The molecular weight excluding hydrogens is 240 g/mol. The molecule has 0 aromatic rings. The summed E-state index contributed by atoms with van der Waals surface area (Å²) in [5.74, 6) is 3.70. The van der Waals surface area contributed by atoms with Gasteiger partial charge >= 0.3 is 0 Å². The molecule has 20 heavy (non-hydrogen) atoms. The van der Waals surface area contributed by atoms with Crippen molar-refractivity contribution in [2.45, 2.75) is 86.0 Å². The molecular formula is C20H36. The van der Waals surface area contributed by atoms with Crippen LogP contribution in [-0.2, 0) is 0 Å². The van der Waals surface area contributed by atoms with E-state index in [0.29, 0.717) is 5.41 Å². The highest BCUT2D eigenvalue weighted by molar-refractivity contribution is 5.17. The summed E-state index contributed by atoms with van der Waals surface area (Å²) in [6.07, 6.45) is 14.0. The lowest BCUT2D eigenvalue weighted by atomic mass is 9.61. The highest BCUT2D eigenvalue weighted by atomic mass is 14.5. The van der Waals surface area contributed by atoms with Gasteiger partial charge in [-0.05, 0) is 68.1 Å². The van der Waals surface area contributed by atoms with Gasteiger partial charge in [-0.15, -0.1) is 0 Å². The molecule has 0 heteroatoms. The molecule has 2 fully saturated rings. The maximum atomic E-state index is 2.62. The molecule has 2 aliphatic carbocycles. The van der Waals surface area contributed by atoms with Crippen LogP contribution in [0.5, 0.6) is 0 Å². The van der Waals surface area contributed by atoms with E-state index in [1.54, 1.807) is 5.57 Å². The molecule has 0 saturated heterocycles. The predicted octanol–water partition coefficient (Wildman–Crippen LogP) is 6.61. The first-order chi connectivity index (χ1) is 9.49. The maximum Gasteiger partial charge on any atom is -0.0146 e. The van der Waals surface area contributed by atoms with Crippen LogP contribution < -0.4 is 0 Å². The minimum Gasteiger partial charge on any atom is -0.0882 e. The predicted molar refractivity (Wildman–Crippen MR) is 89.8 cm³/mol. The molecule has 2 rings (SSSR count). The van der Waals surface area contributed by atoms with Crippen LogP contribution in [0, 0.1) is 29.1 Å². The van der Waals surface area contributed by atoms with E-state index in [1.165, 1.54) is 51.4 Å². The van der Waals surface area contributed by atoms with Crippen LogP contribution in [0.3, 0.4) is 0 Å². The van der Waals surface area contributed by atoms with Gasteiger partial charge in [0.1, 0.15) is 0 Å². The molecule has 0 N–H and O–H groups in total. The average Bonchev–Trinajstić information content (AvgIpc) is 2.75. The van der Waals surface area contributed by atoms with Crippen LogP contribution in [0.1, 0.15) is 86.0 Å². The Morgan fingerprint density at radius 3 is 2.60 bits per heavy atom. The van der Waals surface area contributed by atoms with Crippen molar-refractivity contribution in [3.05, 3.63) is 11.6 Å². The Kier molecular flexibility index (Phi) is 5.37. The monoisotopic (exact) mass is 276 g/mol. The second-order valence-corrected chi connectivity index (χ2v) is 8.26. The van der Waals surface area contributed by atoms with Crippen LogP contribution >= 0.6 is 0 Å². The molecule has 0 nitrogen and oxygen atoms in total. The van der Waals surface area contributed by atoms with Gasteiger partial charge in [-0.2, -0.15) is 0 Å². The third kappa shape index (κ3) is 3.15. The van der Waals surface area contributed by atoms with E-state index in [1.807, 2.05) is 0 Å². The molecule has 116 valence electrons. The van der Waals surface area contributed by atoms with Crippen molar-refractivity contribution in [2.24, 2.45) is 29.1 Å². The molecule has 0 amide bonds. The Labute approximate surface area is 127 Å². The van der Waals surface area contributed by atoms with E-state index in [4.69, 9.17) is 0 Å². The first-order valence-electron chi connectivity index (χ1n) is 9.14. The first-order valence-corrected chi connectivity index (χ1v) is 9.14. The molecule has 0 radical (unpaired) electrons. The molecule has 4 unspecified atom stereocenters. The van der Waals surface area contributed by atoms with E-state index >= 15 is 0 Å². The highest BCUT2D eigenvalue weighted by Gasteiger charge is 2.50. The Morgan fingerprint density at radius 1 is 1.20 bits per heavy atom. The summed E-state index contributed by atoms with van der Waals surface area (Å²) in [6.45, 7) is 12.1. The smallest absolute Gasteiger partial charge is 0.0146 e. The molecule has 0 spiro atoms. The Balaban J connectivity index is 1.99. The van der Waals surface area contributed by atoms with E-state index in [9.17, 15) is 0 Å². The lowest BCUT2D eigenvalue weighted by Crippen LogP contribution is -2.35. The fourth-order valence-electron chi connectivity index (χ4n) is 5.41. The fourth-order valence-corrected chi connectivity index (χ4v) is 5.41. The van der Waals surface area contributed by atoms with Gasteiger partial charge in [0.15, 0.2) is 0 Å². The Hall–Kier alpha value is -0.260. The zero-order chi connectivity index (χ0) is 14.8. The second-order valence-electron chi connectivity index (χ2n) is 8.26. The van der Waals surface area contributed by atoms with Crippen LogP contribution in [0.25, 0.3) is 0 Å². The van der Waals surface area contributed by atoms with Crippen molar-refractivity contribution in [3.63, 3.8) is 0 Å². The number of fused-ring (bicyclic) bond motifs is 1. The molecule has 0 aliphatic heterocycles. The molecule has 0 aromatic carbocycles. The fraction of sp³-hybridized carbons (Fsp3) is 0.900. The van der Waals surface area contributed by atoms with Gasteiger partial charge in [0.25, 0.3) is 0 Å². The number of rotatable bonds is 5. The maximum absolute atomic E-state index is 2.62. The number of allylic oxidation sites excluding steroid dienone is 2. The minimum absolute atomic E-state index is 0.622. The topological polar surface area (TPSA) is 0 Å². The molecule has 0 bridgehead atoms. The summed E-state index contributed by atoms with van der Waals surface area (Å²) in [6, 6.07) is 0. The normalized spacial score (nSPS) is 37.4. The van der Waals surface area contributed by atoms with E-state index in [2.05, 4.69) is 40.7 Å². The van der Waals surface area contributed by atoms with Gasteiger partial charge in [-0.3, -0.25) is 0 Å². The van der Waals surface area contributed by atoms with Gasteiger partial charge in [-0.1, -0.05) is 58.6 Å². The van der Waals surface area contributed by atoms with E-state index in [0.717, 1.165) is 23.7 Å². The molecule has 2 saturated carbocycles. The quantitative estimate of drug-likeness (QED) is 0.495. The van der Waals surface area contributed by atoms with Crippen molar-refractivity contribution in [1.29, 1.82) is 0 Å². The summed E-state index contributed by atoms with van der Waals surface area (Å²) >= 11 is 0. The Bertz CT molecular complexity index is 338. The van der Waals surface area contributed by atoms with Gasteiger partial charge in [0.05, 0.1) is 0 Å². The third-order valence-electron chi connectivity index (χ3n) is 6.54. The molecule has 0 aromatic heterocycles. The first kappa shape index (κ1) is 16.1. The van der Waals surface area contributed by atoms with Gasteiger partial charge in [0.2, 0.25) is 0 Å². The van der Waals surface area contributed by atoms with Crippen molar-refractivity contribution in [2.75, 3.05) is 0 Å².